The van der Waals surface area contributed by atoms with E-state index >= 15 is 0 Å². The molecule has 0 atom stereocenters. The number of pyridine rings is 1. The van der Waals surface area contributed by atoms with E-state index in [0.29, 0.717) is 0 Å². The van der Waals surface area contributed by atoms with E-state index in [4.69, 9.17) is 0 Å². The minimum Gasteiger partial charge on any atom is -0.256 e. The fraction of sp³-hybridized carbons (Fsp3) is 0.0455. The molecule has 0 saturated heterocycles. The molecule has 0 spiro atoms. The smallest absolute Gasteiger partial charge is 0.0737 e. The Morgan fingerprint density at radius 1 is 0.652 bits per heavy atom. The van der Waals surface area contributed by atoms with E-state index in [1.54, 1.807) is 0 Å². The average molecular weight is 295 g/mol. The van der Waals surface area contributed by atoms with E-state index < -0.39 is 0 Å². The summed E-state index contributed by atoms with van der Waals surface area (Å²) < 4.78 is 0. The highest BCUT2D eigenvalue weighted by Crippen LogP contribution is 2.34. The van der Waals surface area contributed by atoms with Gasteiger partial charge in [0.25, 0.3) is 0 Å². The fourth-order valence-corrected chi connectivity index (χ4v) is 3.17. The molecule has 110 valence electrons. The number of rotatable bonds is 2. The van der Waals surface area contributed by atoms with Crippen molar-refractivity contribution in [3.63, 3.8) is 0 Å². The monoisotopic (exact) mass is 295 g/mol. The first-order chi connectivity index (χ1) is 11.3. The first-order valence-corrected chi connectivity index (χ1v) is 7.84. The first-order valence-electron chi connectivity index (χ1n) is 7.84. The van der Waals surface area contributed by atoms with Crippen LogP contribution < -0.4 is 0 Å². The molecule has 0 saturated carbocycles. The topological polar surface area (TPSA) is 12.9 Å². The maximum Gasteiger partial charge on any atom is 0.0737 e. The van der Waals surface area contributed by atoms with Crippen molar-refractivity contribution in [3.05, 3.63) is 90.6 Å². The van der Waals surface area contributed by atoms with Gasteiger partial charge >= 0.3 is 0 Å². The van der Waals surface area contributed by atoms with Gasteiger partial charge < -0.3 is 0 Å². The maximum atomic E-state index is 4.61. The molecule has 0 N–H and O–H groups in total. The van der Waals surface area contributed by atoms with Crippen molar-refractivity contribution in [1.82, 2.24) is 4.98 Å². The minimum atomic E-state index is 1.05. The van der Waals surface area contributed by atoms with Gasteiger partial charge in [0.2, 0.25) is 0 Å². The van der Waals surface area contributed by atoms with Crippen molar-refractivity contribution in [2.24, 2.45) is 0 Å². The van der Waals surface area contributed by atoms with Crippen molar-refractivity contribution in [2.45, 2.75) is 6.92 Å². The van der Waals surface area contributed by atoms with Crippen LogP contribution in [-0.2, 0) is 0 Å². The molecule has 3 aromatic carbocycles. The molecule has 0 aliphatic rings. The Balaban J connectivity index is 1.96. The van der Waals surface area contributed by atoms with Crippen molar-refractivity contribution >= 4 is 10.8 Å². The number of aromatic nitrogens is 1. The summed E-state index contributed by atoms with van der Waals surface area (Å²) in [5.41, 5.74) is 5.94. The van der Waals surface area contributed by atoms with Gasteiger partial charge in [0.1, 0.15) is 0 Å². The Labute approximate surface area is 136 Å². The van der Waals surface area contributed by atoms with Crippen molar-refractivity contribution in [3.8, 4) is 22.4 Å². The summed E-state index contributed by atoms with van der Waals surface area (Å²) >= 11 is 0. The zero-order valence-corrected chi connectivity index (χ0v) is 13.0. The summed E-state index contributed by atoms with van der Waals surface area (Å²) in [4.78, 5) is 4.61. The minimum absolute atomic E-state index is 1.05. The Morgan fingerprint density at radius 2 is 1.39 bits per heavy atom. The second-order valence-electron chi connectivity index (χ2n) is 5.72. The Hall–Kier alpha value is -2.93. The van der Waals surface area contributed by atoms with Gasteiger partial charge in [0, 0.05) is 11.8 Å². The Kier molecular flexibility index (Phi) is 3.39. The quantitative estimate of drug-likeness (QED) is 0.450. The Morgan fingerprint density at radius 3 is 2.26 bits per heavy atom. The summed E-state index contributed by atoms with van der Waals surface area (Å²) in [5, 5.41) is 2.55. The third-order valence-electron chi connectivity index (χ3n) is 4.33. The molecule has 0 bridgehead atoms. The number of hydrogen-bond acceptors (Lipinski definition) is 1. The number of fused-ring (bicyclic) bond motifs is 1. The van der Waals surface area contributed by atoms with Gasteiger partial charge in [-0.2, -0.15) is 0 Å². The third kappa shape index (κ3) is 2.40. The van der Waals surface area contributed by atoms with Crippen LogP contribution in [0.5, 0.6) is 0 Å². The summed E-state index contributed by atoms with van der Waals surface area (Å²) in [6.07, 6.45) is 1.91. The van der Waals surface area contributed by atoms with Crippen LogP contribution in [-0.4, -0.2) is 4.98 Å². The van der Waals surface area contributed by atoms with Crippen LogP contribution in [0.2, 0.25) is 0 Å². The lowest BCUT2D eigenvalue weighted by Gasteiger charge is -2.13. The SMILES string of the molecule is Cc1c(-c2cccc3ccccc23)ccnc1-c1ccccc1. The molecular weight excluding hydrogens is 278 g/mol. The van der Waals surface area contributed by atoms with E-state index in [1.807, 2.05) is 12.3 Å². The second kappa shape index (κ2) is 5.69. The summed E-state index contributed by atoms with van der Waals surface area (Å²) in [7, 11) is 0. The van der Waals surface area contributed by atoms with Crippen LogP contribution in [0, 0.1) is 6.92 Å². The lowest BCUT2D eigenvalue weighted by molar-refractivity contribution is 1.27. The third-order valence-corrected chi connectivity index (χ3v) is 4.33. The molecule has 0 amide bonds. The number of benzene rings is 3. The largest absolute Gasteiger partial charge is 0.256 e. The van der Waals surface area contributed by atoms with Gasteiger partial charge in [0.05, 0.1) is 5.69 Å². The first kappa shape index (κ1) is 13.7. The van der Waals surface area contributed by atoms with E-state index in [-0.39, 0.29) is 0 Å². The average Bonchev–Trinajstić information content (AvgIpc) is 2.62. The molecule has 0 radical (unpaired) electrons. The molecule has 0 fully saturated rings. The van der Waals surface area contributed by atoms with Gasteiger partial charge in [-0.25, -0.2) is 0 Å². The highest BCUT2D eigenvalue weighted by atomic mass is 14.7. The number of nitrogens with zero attached hydrogens (tertiary/aromatic N) is 1. The second-order valence-corrected chi connectivity index (χ2v) is 5.72. The van der Waals surface area contributed by atoms with Crippen molar-refractivity contribution < 1.29 is 0 Å². The molecule has 1 heterocycles. The van der Waals surface area contributed by atoms with Crippen molar-refractivity contribution in [2.75, 3.05) is 0 Å². The van der Waals surface area contributed by atoms with Gasteiger partial charge in [0.15, 0.2) is 0 Å². The fourth-order valence-electron chi connectivity index (χ4n) is 3.17. The van der Waals surface area contributed by atoms with Gasteiger partial charge in [-0.05, 0) is 40.5 Å². The molecule has 1 nitrogen and oxygen atoms in total. The van der Waals surface area contributed by atoms with Gasteiger partial charge in [-0.1, -0.05) is 72.8 Å². The molecule has 4 aromatic rings. The molecule has 1 aromatic heterocycles. The highest BCUT2D eigenvalue weighted by molar-refractivity contribution is 5.98. The van der Waals surface area contributed by atoms with Crippen LogP contribution in [0.4, 0.5) is 0 Å². The Bertz CT molecular complexity index is 966. The van der Waals surface area contributed by atoms with Crippen LogP contribution in [0.25, 0.3) is 33.2 Å². The van der Waals surface area contributed by atoms with Gasteiger partial charge in [-0.15, -0.1) is 0 Å². The normalized spacial score (nSPS) is 10.8. The van der Waals surface area contributed by atoms with E-state index in [1.165, 1.54) is 27.5 Å². The predicted octanol–water partition coefficient (Wildman–Crippen LogP) is 5.88. The van der Waals surface area contributed by atoms with E-state index in [9.17, 15) is 0 Å². The zero-order valence-electron chi connectivity index (χ0n) is 13.0. The molecule has 0 aliphatic carbocycles. The number of hydrogen-bond donors (Lipinski definition) is 0. The molecule has 1 heteroatoms. The van der Waals surface area contributed by atoms with Crippen LogP contribution >= 0.6 is 0 Å². The van der Waals surface area contributed by atoms with Crippen LogP contribution in [0.3, 0.4) is 0 Å². The highest BCUT2D eigenvalue weighted by Gasteiger charge is 2.11. The van der Waals surface area contributed by atoms with Crippen LogP contribution in [0.1, 0.15) is 5.56 Å². The summed E-state index contributed by atoms with van der Waals surface area (Å²) in [6.45, 7) is 2.16. The van der Waals surface area contributed by atoms with E-state index in [2.05, 4.69) is 84.7 Å². The van der Waals surface area contributed by atoms with E-state index in [0.717, 1.165) is 11.3 Å². The zero-order chi connectivity index (χ0) is 15.6. The standard InChI is InChI=1S/C22H17N/c1-16-19(14-15-23-22(16)18-9-3-2-4-10-18)21-13-7-11-17-8-5-6-12-20(17)21/h2-15H,1H3. The lowest BCUT2D eigenvalue weighted by atomic mass is 9.93. The molecule has 4 rings (SSSR count). The molecule has 0 unspecified atom stereocenters. The lowest BCUT2D eigenvalue weighted by Crippen LogP contribution is -1.92. The van der Waals surface area contributed by atoms with Gasteiger partial charge in [-0.3, -0.25) is 4.98 Å². The molecule has 23 heavy (non-hydrogen) atoms. The summed E-state index contributed by atoms with van der Waals surface area (Å²) in [5.74, 6) is 0. The maximum absolute atomic E-state index is 4.61. The van der Waals surface area contributed by atoms with Crippen molar-refractivity contribution in [1.29, 1.82) is 0 Å². The molecular formula is C22H17N. The van der Waals surface area contributed by atoms with Crippen LogP contribution in [0.15, 0.2) is 85.1 Å². The predicted molar refractivity (Wildman–Crippen MR) is 97.4 cm³/mol. The molecule has 0 aliphatic heterocycles. The summed E-state index contributed by atoms with van der Waals surface area (Å²) in [6, 6.07) is 27.5.